The molecule has 1 aromatic rings. The van der Waals surface area contributed by atoms with Crippen molar-refractivity contribution in [3.05, 3.63) is 34.9 Å². The van der Waals surface area contributed by atoms with Gasteiger partial charge in [-0.15, -0.1) is 0 Å². The summed E-state index contributed by atoms with van der Waals surface area (Å²) in [4.78, 5) is 35.7. The highest BCUT2D eigenvalue weighted by Gasteiger charge is 2.55. The van der Waals surface area contributed by atoms with Crippen molar-refractivity contribution >= 4 is 35.3 Å². The minimum Gasteiger partial charge on any atom is -0.270 e. The molecule has 1 unspecified atom stereocenters. The number of fused-ring (bicyclic) bond motifs is 1. The maximum absolute atomic E-state index is 13.3. The van der Waals surface area contributed by atoms with Crippen molar-refractivity contribution in [1.29, 1.82) is 0 Å². The number of hydrogen-bond donors (Lipinski definition) is 0. The minimum atomic E-state index is -0.541. The summed E-state index contributed by atoms with van der Waals surface area (Å²) in [5.41, 5.74) is 0.861. The smallest absolute Gasteiger partial charge is 0.270 e. The number of halogens is 1. The molecule has 1 aromatic carbocycles. The van der Waals surface area contributed by atoms with E-state index < -0.39 is 6.04 Å². The van der Waals surface area contributed by atoms with Crippen LogP contribution in [0.4, 0.5) is 4.79 Å². The molecule has 3 aliphatic rings. The molecule has 8 heteroatoms. The summed E-state index contributed by atoms with van der Waals surface area (Å²) in [6.07, 6.45) is 2.25. The van der Waals surface area contributed by atoms with E-state index in [-0.39, 0.29) is 18.5 Å². The lowest BCUT2D eigenvalue weighted by Gasteiger charge is -2.35. The summed E-state index contributed by atoms with van der Waals surface area (Å²) in [7, 11) is 1.69. The second-order valence-corrected chi connectivity index (χ2v) is 7.48. The molecular weight excluding hydrogens is 366 g/mol. The molecule has 0 saturated carbocycles. The maximum atomic E-state index is 13.3. The molecule has 1 atom stereocenters. The van der Waals surface area contributed by atoms with Gasteiger partial charge in [-0.2, -0.15) is 0 Å². The number of nitrogens with zero attached hydrogens (tertiary/aromatic N) is 5. The molecule has 2 fully saturated rings. The Bertz CT molecular complexity index is 840. The first-order valence-electron chi connectivity index (χ1n) is 9.32. The van der Waals surface area contributed by atoms with Crippen LogP contribution in [0, 0.1) is 0 Å². The third kappa shape index (κ3) is 3.00. The van der Waals surface area contributed by atoms with E-state index in [0.29, 0.717) is 17.4 Å². The van der Waals surface area contributed by atoms with Gasteiger partial charge in [0, 0.05) is 12.1 Å². The second kappa shape index (κ2) is 6.96. The van der Waals surface area contributed by atoms with Gasteiger partial charge in [-0.1, -0.05) is 28.7 Å². The van der Waals surface area contributed by atoms with Crippen LogP contribution in [-0.2, 0) is 11.3 Å². The van der Waals surface area contributed by atoms with E-state index in [9.17, 15) is 9.59 Å². The average Bonchev–Trinajstić information content (AvgIpc) is 3.32. The molecule has 4 rings (SSSR count). The summed E-state index contributed by atoms with van der Waals surface area (Å²) in [5, 5.41) is 0.624. The van der Waals surface area contributed by atoms with Gasteiger partial charge in [0.05, 0.1) is 26.2 Å². The Morgan fingerprint density at radius 2 is 1.85 bits per heavy atom. The predicted molar refractivity (Wildman–Crippen MR) is 103 cm³/mol. The zero-order chi connectivity index (χ0) is 19.1. The van der Waals surface area contributed by atoms with E-state index in [2.05, 4.69) is 4.58 Å². The summed E-state index contributed by atoms with van der Waals surface area (Å²) in [6.45, 7) is 4.78. The zero-order valence-corrected chi connectivity index (χ0v) is 16.3. The number of aliphatic imine (C=N–C) groups is 1. The Kier molecular flexibility index (Phi) is 4.63. The third-order valence-corrected chi connectivity index (χ3v) is 5.62. The van der Waals surface area contributed by atoms with Gasteiger partial charge in [-0.05, 0) is 37.5 Å². The number of likely N-dealkylation sites (N-methyl/N-ethyl adjacent to an activating group) is 2. The Hall–Kier alpha value is -2.41. The maximum Gasteiger partial charge on any atom is 0.392 e. The highest BCUT2D eigenvalue weighted by atomic mass is 35.5. The molecule has 27 heavy (non-hydrogen) atoms. The monoisotopic (exact) mass is 388 g/mol. The fraction of sp³-hybridized carbons (Fsp3) is 0.474. The van der Waals surface area contributed by atoms with Crippen LogP contribution >= 0.6 is 11.6 Å². The lowest BCUT2D eigenvalue weighted by Crippen LogP contribution is -2.63. The van der Waals surface area contributed by atoms with Crippen molar-refractivity contribution in [2.45, 2.75) is 32.4 Å². The van der Waals surface area contributed by atoms with Crippen LogP contribution < -0.4 is 0 Å². The second-order valence-electron chi connectivity index (χ2n) is 7.05. The van der Waals surface area contributed by atoms with E-state index in [1.165, 1.54) is 9.80 Å². The highest BCUT2D eigenvalue weighted by molar-refractivity contribution is 6.30. The molecule has 142 valence electrons. The molecule has 2 saturated heterocycles. The number of rotatable bonds is 3. The molecule has 0 aromatic heterocycles. The van der Waals surface area contributed by atoms with E-state index in [1.807, 2.05) is 24.0 Å². The van der Waals surface area contributed by atoms with Crippen LogP contribution in [0.2, 0.25) is 5.02 Å². The molecule has 0 aliphatic carbocycles. The Labute approximate surface area is 163 Å². The Morgan fingerprint density at radius 1 is 1.19 bits per heavy atom. The van der Waals surface area contributed by atoms with E-state index >= 15 is 0 Å². The Morgan fingerprint density at radius 3 is 2.48 bits per heavy atom. The van der Waals surface area contributed by atoms with Gasteiger partial charge in [0.15, 0.2) is 0 Å². The zero-order valence-electron chi connectivity index (χ0n) is 15.6. The lowest BCUT2D eigenvalue weighted by molar-refractivity contribution is -0.511. The quantitative estimate of drug-likeness (QED) is 0.744. The average molecular weight is 389 g/mol. The summed E-state index contributed by atoms with van der Waals surface area (Å²) in [6, 6.07) is 6.31. The van der Waals surface area contributed by atoms with Crippen LogP contribution in [0.15, 0.2) is 29.3 Å². The number of amidine groups is 1. The molecule has 3 aliphatic heterocycles. The van der Waals surface area contributed by atoms with Gasteiger partial charge >= 0.3 is 12.0 Å². The minimum absolute atomic E-state index is 0.220. The SMILES string of the molecule is CCN1C(=[N+]2CCCC2)N=C2C1C(=O)N(Cc1ccc(Cl)cc1)C(=O)N2C. The van der Waals surface area contributed by atoms with Crippen LogP contribution in [0.5, 0.6) is 0 Å². The van der Waals surface area contributed by atoms with E-state index in [1.54, 1.807) is 19.2 Å². The van der Waals surface area contributed by atoms with Crippen LogP contribution in [0.1, 0.15) is 25.3 Å². The van der Waals surface area contributed by atoms with Crippen molar-refractivity contribution in [2.24, 2.45) is 4.99 Å². The van der Waals surface area contributed by atoms with Gasteiger partial charge < -0.3 is 0 Å². The number of guanidine groups is 1. The number of urea groups is 1. The van der Waals surface area contributed by atoms with Crippen molar-refractivity contribution in [3.63, 3.8) is 0 Å². The molecule has 0 N–H and O–H groups in total. The van der Waals surface area contributed by atoms with Crippen molar-refractivity contribution in [1.82, 2.24) is 14.7 Å². The van der Waals surface area contributed by atoms with E-state index in [4.69, 9.17) is 16.6 Å². The van der Waals surface area contributed by atoms with Crippen LogP contribution in [-0.4, -0.2) is 75.7 Å². The molecule has 0 radical (unpaired) electrons. The van der Waals surface area contributed by atoms with Gasteiger partial charge in [0.2, 0.25) is 11.9 Å². The van der Waals surface area contributed by atoms with E-state index in [0.717, 1.165) is 37.5 Å². The third-order valence-electron chi connectivity index (χ3n) is 5.37. The fourth-order valence-corrected chi connectivity index (χ4v) is 4.04. The van der Waals surface area contributed by atoms with Crippen molar-refractivity contribution in [3.8, 4) is 0 Å². The summed E-state index contributed by atoms with van der Waals surface area (Å²) >= 11 is 5.94. The molecule has 0 bridgehead atoms. The van der Waals surface area contributed by atoms with Crippen LogP contribution in [0.25, 0.3) is 0 Å². The number of hydrogen-bond acceptors (Lipinski definition) is 2. The largest absolute Gasteiger partial charge is 0.392 e. The molecular formula is C19H23ClN5O2+. The lowest BCUT2D eigenvalue weighted by atomic mass is 10.1. The van der Waals surface area contributed by atoms with Crippen molar-refractivity contribution < 1.29 is 14.2 Å². The molecule has 7 nitrogen and oxygen atoms in total. The number of amides is 3. The first-order valence-corrected chi connectivity index (χ1v) is 9.69. The molecule has 3 amide bonds. The molecule has 0 spiro atoms. The fourth-order valence-electron chi connectivity index (χ4n) is 3.92. The van der Waals surface area contributed by atoms with Crippen molar-refractivity contribution in [2.75, 3.05) is 26.7 Å². The van der Waals surface area contributed by atoms with Gasteiger partial charge in [0.1, 0.15) is 0 Å². The standard InChI is InChI=1S/C19H23ClN5O2/c1-3-24-15-16(21-18(24)23-10-4-5-11-23)22(2)19(27)25(17(15)26)12-13-6-8-14(20)9-7-13/h6-9,15H,3-5,10-12H2,1-2H3/q+1. The first-order chi connectivity index (χ1) is 13.0. The Balaban J connectivity index is 1.67. The van der Waals surface area contributed by atoms with Gasteiger partial charge in [-0.3, -0.25) is 19.2 Å². The topological polar surface area (TPSA) is 59.2 Å². The van der Waals surface area contributed by atoms with Gasteiger partial charge in [0.25, 0.3) is 5.91 Å². The number of benzene rings is 1. The number of imide groups is 1. The summed E-state index contributed by atoms with van der Waals surface area (Å²) in [5.74, 6) is 1.13. The van der Waals surface area contributed by atoms with Gasteiger partial charge in [-0.25, -0.2) is 9.69 Å². The number of carbonyl (C=O) groups is 2. The normalized spacial score (nSPS) is 22.7. The summed E-state index contributed by atoms with van der Waals surface area (Å²) < 4.78 is 2.21. The highest BCUT2D eigenvalue weighted by Crippen LogP contribution is 2.25. The van der Waals surface area contributed by atoms with Crippen LogP contribution in [0.3, 0.4) is 0 Å². The first kappa shape index (κ1) is 18.0. The number of carbonyl (C=O) groups excluding carboxylic acids is 2. The molecule has 3 heterocycles. The predicted octanol–water partition coefficient (Wildman–Crippen LogP) is 2.00.